The number of aromatic amines is 2. The molecular weight excluding hydrogens is 588 g/mol. The van der Waals surface area contributed by atoms with Crippen LogP contribution in [0.15, 0.2) is 114 Å². The van der Waals surface area contributed by atoms with E-state index in [-0.39, 0.29) is 18.2 Å². The highest BCUT2D eigenvalue weighted by atomic mass is 16.3. The van der Waals surface area contributed by atoms with Gasteiger partial charge in [0.15, 0.2) is 0 Å². The van der Waals surface area contributed by atoms with Crippen molar-refractivity contribution in [1.29, 1.82) is 0 Å². The number of nitrogens with one attached hydrogen (secondary N) is 4. The maximum Gasteiger partial charge on any atom is 0.261 e. The van der Waals surface area contributed by atoms with Gasteiger partial charge in [-0.15, -0.1) is 0 Å². The van der Waals surface area contributed by atoms with Crippen LogP contribution in [-0.2, 0) is 19.3 Å². The van der Waals surface area contributed by atoms with Crippen LogP contribution in [0.5, 0.6) is 0 Å². The maximum absolute atomic E-state index is 13.2. The number of pyridine rings is 3. The van der Waals surface area contributed by atoms with Gasteiger partial charge in [0.05, 0.1) is 29.4 Å². The first-order valence-corrected chi connectivity index (χ1v) is 15.8. The van der Waals surface area contributed by atoms with Crippen LogP contribution >= 0.6 is 0 Å². The van der Waals surface area contributed by atoms with Crippen LogP contribution in [0.2, 0.25) is 0 Å². The lowest BCUT2D eigenvalue weighted by Gasteiger charge is -2.19. The lowest BCUT2D eigenvalue weighted by atomic mass is 10.1. The van der Waals surface area contributed by atoms with Crippen LogP contribution in [0.1, 0.15) is 27.8 Å². The number of benzene rings is 2. The highest BCUT2D eigenvalue weighted by Gasteiger charge is 2.19. The van der Waals surface area contributed by atoms with Crippen molar-refractivity contribution in [3.63, 3.8) is 0 Å². The summed E-state index contributed by atoms with van der Waals surface area (Å²) in [5.41, 5.74) is 7.61. The van der Waals surface area contributed by atoms with Gasteiger partial charge < -0.3 is 25.7 Å². The van der Waals surface area contributed by atoms with Crippen molar-refractivity contribution in [2.45, 2.75) is 32.2 Å². The molecule has 0 spiro atoms. The first-order valence-electron chi connectivity index (χ1n) is 15.8. The molecule has 5 N–H and O–H groups in total. The van der Waals surface area contributed by atoms with Crippen LogP contribution in [0.3, 0.4) is 0 Å². The van der Waals surface area contributed by atoms with E-state index in [1.807, 2.05) is 67.6 Å². The predicted octanol–water partition coefficient (Wildman–Crippen LogP) is 4.85. The molecule has 238 valence electrons. The van der Waals surface area contributed by atoms with Crippen LogP contribution in [0, 0.1) is 6.92 Å². The summed E-state index contributed by atoms with van der Waals surface area (Å²) in [4.78, 5) is 37.5. The maximum atomic E-state index is 13.2. The topological polar surface area (TPSA) is 144 Å². The smallest absolute Gasteiger partial charge is 0.261 e. The first-order chi connectivity index (χ1) is 23.1. The molecule has 0 unspecified atom stereocenters. The third-order valence-corrected chi connectivity index (χ3v) is 8.03. The number of hydrogen-bond donors (Lipinski definition) is 5. The number of aliphatic imine (C=N–C) groups is 1. The molecule has 10 nitrogen and oxygen atoms in total. The van der Waals surface area contributed by atoms with Gasteiger partial charge in [-0.3, -0.25) is 19.8 Å². The first kappa shape index (κ1) is 31.4. The fourth-order valence-corrected chi connectivity index (χ4v) is 5.63. The van der Waals surface area contributed by atoms with E-state index < -0.39 is 0 Å². The molecule has 0 fully saturated rings. The number of aliphatic hydroxyl groups excluding tert-OH is 1. The summed E-state index contributed by atoms with van der Waals surface area (Å²) in [6, 6.07) is 23.6. The van der Waals surface area contributed by atoms with Crippen molar-refractivity contribution < 1.29 is 5.11 Å². The Balaban J connectivity index is 1.29. The molecule has 0 aliphatic heterocycles. The van der Waals surface area contributed by atoms with Crippen LogP contribution in [0.25, 0.3) is 22.4 Å². The molecule has 47 heavy (non-hydrogen) atoms. The SMILES string of the molecule is Cc1cc(C(=NCCc2ccncc2)NCCc2ccncc2)cc2[nH]c(-c3c(N[C@H](CO)Cc4ccccc4)cc[nH]c3=O)nc12. The number of aryl methyl sites for hydroxylation is 1. The summed E-state index contributed by atoms with van der Waals surface area (Å²) >= 11 is 0. The second-order valence-electron chi connectivity index (χ2n) is 11.5. The number of hydrogen-bond acceptors (Lipinski definition) is 7. The highest BCUT2D eigenvalue weighted by Crippen LogP contribution is 2.27. The molecule has 2 aromatic carbocycles. The molecule has 4 heterocycles. The van der Waals surface area contributed by atoms with E-state index in [9.17, 15) is 9.90 Å². The van der Waals surface area contributed by atoms with E-state index >= 15 is 0 Å². The zero-order chi connectivity index (χ0) is 32.4. The molecule has 0 aliphatic rings. The van der Waals surface area contributed by atoms with Gasteiger partial charge in [-0.25, -0.2) is 4.98 Å². The second-order valence-corrected chi connectivity index (χ2v) is 11.5. The molecule has 10 heteroatoms. The number of anilines is 1. The number of aliphatic hydroxyl groups is 1. The summed E-state index contributed by atoms with van der Waals surface area (Å²) in [5.74, 6) is 1.24. The van der Waals surface area contributed by atoms with Gasteiger partial charge in [-0.2, -0.15) is 0 Å². The Hall–Kier alpha value is -5.61. The van der Waals surface area contributed by atoms with E-state index in [1.54, 1.807) is 37.1 Å². The zero-order valence-corrected chi connectivity index (χ0v) is 26.3. The van der Waals surface area contributed by atoms with Crippen molar-refractivity contribution in [2.75, 3.05) is 25.0 Å². The van der Waals surface area contributed by atoms with E-state index in [0.29, 0.717) is 36.6 Å². The average molecular weight is 627 g/mol. The Labute approximate surface area is 273 Å². The van der Waals surface area contributed by atoms with Crippen LogP contribution in [0.4, 0.5) is 5.69 Å². The largest absolute Gasteiger partial charge is 0.394 e. The molecule has 4 aromatic heterocycles. The average Bonchev–Trinajstić information content (AvgIpc) is 3.53. The number of rotatable bonds is 13. The van der Waals surface area contributed by atoms with Crippen molar-refractivity contribution >= 4 is 22.6 Å². The molecule has 0 amide bonds. The normalized spacial score (nSPS) is 12.3. The Bertz CT molecular complexity index is 1990. The van der Waals surface area contributed by atoms with E-state index in [1.165, 1.54) is 11.1 Å². The fourth-order valence-electron chi connectivity index (χ4n) is 5.63. The molecule has 0 radical (unpaired) electrons. The van der Waals surface area contributed by atoms with Gasteiger partial charge in [-0.1, -0.05) is 30.3 Å². The minimum Gasteiger partial charge on any atom is -0.394 e. The fraction of sp³-hybridized carbons (Fsp3) is 0.216. The third-order valence-electron chi connectivity index (χ3n) is 8.03. The van der Waals surface area contributed by atoms with Crippen molar-refractivity contribution in [3.8, 4) is 11.4 Å². The molecule has 6 aromatic rings. The van der Waals surface area contributed by atoms with Gasteiger partial charge in [0.25, 0.3) is 5.56 Å². The summed E-state index contributed by atoms with van der Waals surface area (Å²) in [5, 5.41) is 17.1. The number of H-pyrrole nitrogens is 2. The van der Waals surface area contributed by atoms with Crippen molar-refractivity contribution in [1.82, 2.24) is 30.2 Å². The summed E-state index contributed by atoms with van der Waals surface area (Å²) in [6.45, 7) is 3.22. The zero-order valence-electron chi connectivity index (χ0n) is 26.3. The highest BCUT2D eigenvalue weighted by molar-refractivity contribution is 6.02. The number of amidine groups is 1. The number of imidazole rings is 1. The minimum absolute atomic E-state index is 0.0961. The number of fused-ring (bicyclic) bond motifs is 1. The van der Waals surface area contributed by atoms with Gasteiger partial charge in [0.1, 0.15) is 17.2 Å². The minimum atomic E-state index is -0.292. The van der Waals surface area contributed by atoms with E-state index in [2.05, 4.69) is 36.6 Å². The molecule has 0 saturated carbocycles. The molecular formula is C37H38N8O2. The van der Waals surface area contributed by atoms with Gasteiger partial charge >= 0.3 is 0 Å². The number of nitrogens with zero attached hydrogens (tertiary/aromatic N) is 4. The Kier molecular flexibility index (Phi) is 10.1. The third kappa shape index (κ3) is 7.98. The Morgan fingerprint density at radius 2 is 1.64 bits per heavy atom. The van der Waals surface area contributed by atoms with Crippen molar-refractivity contribution in [3.05, 3.63) is 142 Å². The summed E-state index contributed by atoms with van der Waals surface area (Å²) in [6.07, 6.45) is 11.0. The molecule has 1 atom stereocenters. The van der Waals surface area contributed by atoms with Crippen LogP contribution < -0.4 is 16.2 Å². The van der Waals surface area contributed by atoms with Gasteiger partial charge in [-0.05, 0) is 90.9 Å². The molecule has 6 rings (SSSR count). The van der Waals surface area contributed by atoms with Crippen LogP contribution in [-0.4, -0.2) is 61.6 Å². The van der Waals surface area contributed by atoms with Gasteiger partial charge in [0, 0.05) is 49.6 Å². The standard InChI is InChI=1S/C37H38N8O2/c1-25-21-29(35(40-18-11-26-7-14-38-15-8-26)41-19-12-27-9-16-39-17-10-27)23-32-34(25)45-36(44-32)33-31(13-20-42-37(33)47)43-30(24-46)22-28-5-3-2-4-6-28/h2-10,13-17,20-21,23,30,46H,11-12,18-19,22,24H2,1H3,(H,40,41)(H,44,45)(H2,42,43,47)/t30-/m0/s1. The number of aromatic nitrogens is 5. The quantitative estimate of drug-likeness (QED) is 0.0911. The van der Waals surface area contributed by atoms with Crippen molar-refractivity contribution in [2.24, 2.45) is 4.99 Å². The summed E-state index contributed by atoms with van der Waals surface area (Å²) in [7, 11) is 0. The van der Waals surface area contributed by atoms with E-state index in [4.69, 9.17) is 9.98 Å². The van der Waals surface area contributed by atoms with E-state index in [0.717, 1.165) is 46.4 Å². The molecule has 0 aliphatic carbocycles. The lowest BCUT2D eigenvalue weighted by Crippen LogP contribution is -2.28. The Morgan fingerprint density at radius 1 is 0.915 bits per heavy atom. The second kappa shape index (κ2) is 15.1. The van der Waals surface area contributed by atoms with Gasteiger partial charge in [0.2, 0.25) is 0 Å². The molecule has 0 bridgehead atoms. The lowest BCUT2D eigenvalue weighted by molar-refractivity contribution is 0.274. The Morgan fingerprint density at radius 3 is 2.36 bits per heavy atom. The summed E-state index contributed by atoms with van der Waals surface area (Å²) < 4.78 is 0. The predicted molar refractivity (Wildman–Crippen MR) is 187 cm³/mol. The molecule has 0 saturated heterocycles. The monoisotopic (exact) mass is 626 g/mol.